The third kappa shape index (κ3) is 2.51. The molecule has 0 bridgehead atoms. The van der Waals surface area contributed by atoms with Gasteiger partial charge >= 0.3 is 0 Å². The Labute approximate surface area is 138 Å². The molecule has 0 amide bonds. The zero-order valence-electron chi connectivity index (χ0n) is 11.5. The summed E-state index contributed by atoms with van der Waals surface area (Å²) in [4.78, 5) is 0. The highest BCUT2D eigenvalue weighted by molar-refractivity contribution is 14.1. The molecule has 0 aromatic carbocycles. The molecular formula is C16H20I2. The SMILES string of the molecule is C/C=C(I)\C=C1/C(C)C2=C(C=C(I)CC2)C1(C)C. The van der Waals surface area contributed by atoms with Gasteiger partial charge in [0.25, 0.3) is 0 Å². The van der Waals surface area contributed by atoms with Crippen molar-refractivity contribution in [3.8, 4) is 0 Å². The first-order valence-electron chi connectivity index (χ1n) is 6.51. The number of hydrogen-bond donors (Lipinski definition) is 0. The van der Waals surface area contributed by atoms with Crippen LogP contribution in [0, 0.1) is 11.3 Å². The second-order valence-corrected chi connectivity index (χ2v) is 8.28. The summed E-state index contributed by atoms with van der Waals surface area (Å²) in [5.41, 5.74) is 5.03. The van der Waals surface area contributed by atoms with Gasteiger partial charge in [0.15, 0.2) is 0 Å². The van der Waals surface area contributed by atoms with Crippen LogP contribution in [0.15, 0.2) is 42.1 Å². The molecule has 0 radical (unpaired) electrons. The average Bonchev–Trinajstić information content (AvgIpc) is 2.50. The van der Waals surface area contributed by atoms with Crippen molar-refractivity contribution in [2.45, 2.75) is 40.5 Å². The maximum Gasteiger partial charge on any atom is 0.0114 e. The minimum absolute atomic E-state index is 0.199. The Morgan fingerprint density at radius 1 is 1.39 bits per heavy atom. The molecule has 0 saturated carbocycles. The van der Waals surface area contributed by atoms with E-state index in [4.69, 9.17) is 0 Å². The molecule has 1 unspecified atom stereocenters. The van der Waals surface area contributed by atoms with Crippen molar-refractivity contribution >= 4 is 45.2 Å². The maximum atomic E-state index is 2.49. The Bertz CT molecular complexity index is 487. The molecule has 0 aliphatic heterocycles. The van der Waals surface area contributed by atoms with Crippen LogP contribution in [-0.4, -0.2) is 0 Å². The zero-order valence-corrected chi connectivity index (χ0v) is 15.8. The van der Waals surface area contributed by atoms with Crippen LogP contribution in [0.5, 0.6) is 0 Å². The summed E-state index contributed by atoms with van der Waals surface area (Å²) in [5, 5.41) is 0. The first-order valence-corrected chi connectivity index (χ1v) is 8.67. The molecule has 0 saturated heterocycles. The second-order valence-electron chi connectivity index (χ2n) is 5.65. The summed E-state index contributed by atoms with van der Waals surface area (Å²) in [6, 6.07) is 0. The summed E-state index contributed by atoms with van der Waals surface area (Å²) < 4.78 is 2.86. The van der Waals surface area contributed by atoms with E-state index in [9.17, 15) is 0 Å². The quantitative estimate of drug-likeness (QED) is 0.396. The molecule has 0 aromatic rings. The molecule has 2 aliphatic rings. The van der Waals surface area contributed by atoms with Crippen molar-refractivity contribution in [2.24, 2.45) is 11.3 Å². The standard InChI is InChI=1S/C16H20I2/c1-5-11(17)8-14-10(2)13-7-6-12(18)9-15(13)16(14,3)4/h5,8-10H,6-7H2,1-4H3/b11-5+,14-8+. The van der Waals surface area contributed by atoms with Crippen LogP contribution in [0.4, 0.5) is 0 Å². The van der Waals surface area contributed by atoms with Crippen LogP contribution in [0.3, 0.4) is 0 Å². The number of halogens is 2. The van der Waals surface area contributed by atoms with Gasteiger partial charge in [-0.2, -0.15) is 0 Å². The smallest absolute Gasteiger partial charge is 0.0114 e. The molecule has 0 aromatic heterocycles. The van der Waals surface area contributed by atoms with E-state index < -0.39 is 0 Å². The summed E-state index contributed by atoms with van der Waals surface area (Å²) in [7, 11) is 0. The van der Waals surface area contributed by atoms with Crippen molar-refractivity contribution in [1.82, 2.24) is 0 Å². The Morgan fingerprint density at radius 2 is 2.06 bits per heavy atom. The van der Waals surface area contributed by atoms with E-state index >= 15 is 0 Å². The van der Waals surface area contributed by atoms with Gasteiger partial charge in [-0.3, -0.25) is 0 Å². The first kappa shape index (κ1) is 14.8. The van der Waals surface area contributed by atoms with Crippen LogP contribution in [0.25, 0.3) is 0 Å². The Morgan fingerprint density at radius 3 is 2.67 bits per heavy atom. The first-order chi connectivity index (χ1) is 8.37. The van der Waals surface area contributed by atoms with Crippen LogP contribution in [0.1, 0.15) is 40.5 Å². The van der Waals surface area contributed by atoms with Crippen molar-refractivity contribution < 1.29 is 0 Å². The molecule has 0 spiro atoms. The normalized spacial score (nSPS) is 29.7. The molecule has 18 heavy (non-hydrogen) atoms. The zero-order chi connectivity index (χ0) is 13.5. The number of rotatable bonds is 1. The lowest BCUT2D eigenvalue weighted by Crippen LogP contribution is -2.14. The minimum atomic E-state index is 0.199. The average molecular weight is 466 g/mol. The molecule has 0 heterocycles. The van der Waals surface area contributed by atoms with Gasteiger partial charge in [-0.15, -0.1) is 0 Å². The third-order valence-corrected chi connectivity index (χ3v) is 6.02. The molecule has 0 N–H and O–H groups in total. The van der Waals surface area contributed by atoms with E-state index in [0.29, 0.717) is 5.92 Å². The van der Waals surface area contributed by atoms with Gasteiger partial charge in [0.05, 0.1) is 0 Å². The van der Waals surface area contributed by atoms with Gasteiger partial charge in [0, 0.05) is 8.99 Å². The van der Waals surface area contributed by atoms with Crippen LogP contribution >= 0.6 is 45.2 Å². The predicted octanol–water partition coefficient (Wildman–Crippen LogP) is 6.34. The highest BCUT2D eigenvalue weighted by Crippen LogP contribution is 2.54. The maximum absolute atomic E-state index is 2.49. The van der Waals surface area contributed by atoms with Gasteiger partial charge in [-0.05, 0) is 92.2 Å². The van der Waals surface area contributed by atoms with Crippen molar-refractivity contribution in [1.29, 1.82) is 0 Å². The van der Waals surface area contributed by atoms with Gasteiger partial charge in [-0.25, -0.2) is 0 Å². The molecule has 2 heteroatoms. The number of allylic oxidation sites excluding steroid dienone is 8. The molecule has 2 rings (SSSR count). The Kier molecular flexibility index (Phi) is 4.47. The largest absolute Gasteiger partial charge is 0.0743 e. The van der Waals surface area contributed by atoms with Gasteiger partial charge in [0.2, 0.25) is 0 Å². The summed E-state index contributed by atoms with van der Waals surface area (Å²) >= 11 is 4.92. The summed E-state index contributed by atoms with van der Waals surface area (Å²) in [5.74, 6) is 0.612. The van der Waals surface area contributed by atoms with E-state index in [-0.39, 0.29) is 5.41 Å². The van der Waals surface area contributed by atoms with Crippen molar-refractivity contribution in [2.75, 3.05) is 0 Å². The van der Waals surface area contributed by atoms with Crippen LogP contribution in [-0.2, 0) is 0 Å². The molecule has 98 valence electrons. The highest BCUT2D eigenvalue weighted by atomic mass is 127. The van der Waals surface area contributed by atoms with Crippen LogP contribution < -0.4 is 0 Å². The second kappa shape index (κ2) is 5.43. The van der Waals surface area contributed by atoms with E-state index in [0.717, 1.165) is 0 Å². The van der Waals surface area contributed by atoms with Crippen molar-refractivity contribution in [3.05, 3.63) is 42.1 Å². The monoisotopic (exact) mass is 466 g/mol. The molecule has 0 fully saturated rings. The fourth-order valence-electron chi connectivity index (χ4n) is 3.16. The third-order valence-electron chi connectivity index (χ3n) is 4.23. The van der Waals surface area contributed by atoms with Gasteiger partial charge in [0.1, 0.15) is 0 Å². The highest BCUT2D eigenvalue weighted by Gasteiger charge is 2.41. The fourth-order valence-corrected chi connectivity index (χ4v) is 4.08. The molecule has 0 nitrogen and oxygen atoms in total. The van der Waals surface area contributed by atoms with Crippen molar-refractivity contribution in [3.63, 3.8) is 0 Å². The van der Waals surface area contributed by atoms with E-state index in [1.54, 1.807) is 16.7 Å². The molecular weight excluding hydrogens is 446 g/mol. The summed E-state index contributed by atoms with van der Waals surface area (Å²) in [6.45, 7) is 9.25. The lowest BCUT2D eigenvalue weighted by Gasteiger charge is -2.26. The minimum Gasteiger partial charge on any atom is -0.0743 e. The van der Waals surface area contributed by atoms with Gasteiger partial charge in [-0.1, -0.05) is 38.0 Å². The Hall–Kier alpha value is 0.420. The summed E-state index contributed by atoms with van der Waals surface area (Å²) in [6.07, 6.45) is 9.49. The predicted molar refractivity (Wildman–Crippen MR) is 97.2 cm³/mol. The van der Waals surface area contributed by atoms with E-state index in [1.165, 1.54) is 20.0 Å². The lowest BCUT2D eigenvalue weighted by atomic mass is 9.79. The van der Waals surface area contributed by atoms with E-state index in [2.05, 4.69) is 91.1 Å². The lowest BCUT2D eigenvalue weighted by molar-refractivity contribution is 0.542. The van der Waals surface area contributed by atoms with E-state index in [1.807, 2.05) is 0 Å². The fraction of sp³-hybridized carbons (Fsp3) is 0.500. The number of hydrogen-bond acceptors (Lipinski definition) is 0. The Balaban J connectivity index is 2.50. The van der Waals surface area contributed by atoms with Crippen LogP contribution in [0.2, 0.25) is 0 Å². The molecule has 1 atom stereocenters. The van der Waals surface area contributed by atoms with Gasteiger partial charge < -0.3 is 0 Å². The molecule has 2 aliphatic carbocycles. The topological polar surface area (TPSA) is 0 Å².